The fraction of sp³-hybridized carbons (Fsp3) is 0.148. The quantitative estimate of drug-likeness (QED) is 0.269. The molecule has 8 nitrogen and oxygen atoms in total. The van der Waals surface area contributed by atoms with Crippen molar-refractivity contribution in [2.45, 2.75) is 0 Å². The van der Waals surface area contributed by atoms with Gasteiger partial charge in [0.25, 0.3) is 17.1 Å². The van der Waals surface area contributed by atoms with E-state index in [0.717, 1.165) is 16.7 Å². The molecule has 0 saturated carbocycles. The smallest absolute Gasteiger partial charge is 0.293 e. The summed E-state index contributed by atoms with van der Waals surface area (Å²) in [4.78, 5) is 39.1. The maximum Gasteiger partial charge on any atom is 0.293 e. The molecule has 3 aromatic rings. The number of imide groups is 1. The predicted octanol–water partition coefficient (Wildman–Crippen LogP) is 6.24. The fourth-order valence-corrected chi connectivity index (χ4v) is 5.09. The third kappa shape index (κ3) is 6.89. The van der Waals surface area contributed by atoms with Gasteiger partial charge in [0.1, 0.15) is 12.4 Å². The van der Waals surface area contributed by atoms with Gasteiger partial charge in [-0.1, -0.05) is 41.9 Å². The highest BCUT2D eigenvalue weighted by atomic mass is 79.9. The van der Waals surface area contributed by atoms with Crippen LogP contribution in [0.3, 0.4) is 0 Å². The molecule has 0 atom stereocenters. The van der Waals surface area contributed by atoms with Crippen LogP contribution < -0.4 is 19.5 Å². The van der Waals surface area contributed by atoms with Crippen molar-refractivity contribution in [2.75, 3.05) is 32.2 Å². The van der Waals surface area contributed by atoms with Crippen LogP contribution in [0.1, 0.15) is 5.56 Å². The van der Waals surface area contributed by atoms with Crippen LogP contribution in [0.5, 0.6) is 17.2 Å². The van der Waals surface area contributed by atoms with Gasteiger partial charge >= 0.3 is 0 Å². The lowest BCUT2D eigenvalue weighted by molar-refractivity contribution is -0.123. The normalized spacial score (nSPS) is 14.1. The van der Waals surface area contributed by atoms with Gasteiger partial charge in [0.15, 0.2) is 18.1 Å². The Balaban J connectivity index is 1.40. The number of methoxy groups -OCH3 is 1. The topological polar surface area (TPSA) is 94.2 Å². The largest absolute Gasteiger partial charge is 0.493 e. The van der Waals surface area contributed by atoms with E-state index in [2.05, 4.69) is 21.2 Å². The van der Waals surface area contributed by atoms with Crippen LogP contribution in [0, 0.1) is 0 Å². The molecule has 38 heavy (non-hydrogen) atoms. The Morgan fingerprint density at radius 2 is 1.82 bits per heavy atom. The van der Waals surface area contributed by atoms with Crippen molar-refractivity contribution < 1.29 is 28.6 Å². The van der Waals surface area contributed by atoms with Crippen LogP contribution in [-0.4, -0.2) is 48.8 Å². The first kappa shape index (κ1) is 27.6. The van der Waals surface area contributed by atoms with Gasteiger partial charge in [0.05, 0.1) is 33.7 Å². The zero-order valence-electron chi connectivity index (χ0n) is 20.1. The van der Waals surface area contributed by atoms with Gasteiger partial charge in [-0.2, -0.15) is 0 Å². The number of halogens is 2. The van der Waals surface area contributed by atoms with Crippen LogP contribution >= 0.6 is 39.3 Å². The molecule has 3 aromatic carbocycles. The fourth-order valence-electron chi connectivity index (χ4n) is 3.47. The minimum Gasteiger partial charge on any atom is -0.493 e. The number of benzene rings is 3. The van der Waals surface area contributed by atoms with Crippen molar-refractivity contribution in [1.82, 2.24) is 4.90 Å². The van der Waals surface area contributed by atoms with Gasteiger partial charge in [-0.25, -0.2) is 0 Å². The monoisotopic (exact) mass is 616 g/mol. The molecule has 1 N–H and O–H groups in total. The molecule has 3 amide bonds. The Hall–Kier alpha value is -3.47. The first-order valence-corrected chi connectivity index (χ1v) is 13.3. The molecule has 0 aliphatic carbocycles. The number of hydrogen-bond donors (Lipinski definition) is 1. The first-order chi connectivity index (χ1) is 18.4. The lowest BCUT2D eigenvalue weighted by atomic mass is 10.2. The molecule has 0 unspecified atom stereocenters. The van der Waals surface area contributed by atoms with Crippen molar-refractivity contribution in [3.8, 4) is 17.2 Å². The summed E-state index contributed by atoms with van der Waals surface area (Å²) >= 11 is 10.4. The number of thioether (sulfide) groups is 1. The number of nitrogens with zero attached hydrogens (tertiary/aromatic N) is 1. The average Bonchev–Trinajstić information content (AvgIpc) is 3.17. The zero-order valence-corrected chi connectivity index (χ0v) is 23.3. The third-order valence-corrected chi connectivity index (χ3v) is 7.07. The second-order valence-corrected chi connectivity index (χ2v) is 10.1. The molecule has 1 aliphatic rings. The van der Waals surface area contributed by atoms with Crippen LogP contribution in [0.4, 0.5) is 10.5 Å². The molecule has 1 heterocycles. The Bertz CT molecular complexity index is 1390. The van der Waals surface area contributed by atoms with E-state index in [9.17, 15) is 14.4 Å². The molecular weight excluding hydrogens is 596 g/mol. The lowest BCUT2D eigenvalue weighted by Gasteiger charge is -2.14. The molecule has 1 aliphatic heterocycles. The minimum atomic E-state index is -0.402. The highest BCUT2D eigenvalue weighted by molar-refractivity contribution is 9.10. The van der Waals surface area contributed by atoms with E-state index in [-0.39, 0.29) is 29.9 Å². The molecule has 0 spiro atoms. The summed E-state index contributed by atoms with van der Waals surface area (Å²) in [6.45, 7) is 0.0290. The van der Waals surface area contributed by atoms with Crippen molar-refractivity contribution in [3.63, 3.8) is 0 Å². The third-order valence-electron chi connectivity index (χ3n) is 5.25. The maximum atomic E-state index is 12.9. The van der Waals surface area contributed by atoms with Gasteiger partial charge in [0.2, 0.25) is 0 Å². The molecule has 1 fully saturated rings. The molecule has 1 saturated heterocycles. The number of hydrogen-bond acceptors (Lipinski definition) is 7. The Morgan fingerprint density at radius 3 is 2.55 bits per heavy atom. The van der Waals surface area contributed by atoms with Crippen molar-refractivity contribution in [3.05, 3.63) is 86.7 Å². The van der Waals surface area contributed by atoms with E-state index in [1.54, 1.807) is 54.6 Å². The molecule has 0 radical (unpaired) electrons. The van der Waals surface area contributed by atoms with E-state index in [1.807, 2.05) is 18.2 Å². The molecule has 4 rings (SSSR count). The van der Waals surface area contributed by atoms with E-state index < -0.39 is 11.8 Å². The summed E-state index contributed by atoms with van der Waals surface area (Å²) in [5.74, 6) is 0.511. The first-order valence-electron chi connectivity index (χ1n) is 11.3. The summed E-state index contributed by atoms with van der Waals surface area (Å²) in [5, 5.41) is 2.73. The zero-order chi connectivity index (χ0) is 27.1. The minimum absolute atomic E-state index is 0.132. The standard InChI is InChI=1S/C27H22BrClN2O6S/c1-35-22-14-17(13-19(28)25(22)37-16-24(32)30-21-10-6-5-9-20(21)29)15-23-26(33)31(27(34)38-23)11-12-36-18-7-3-2-4-8-18/h2-10,13-15H,11-12,16H2,1H3,(H,30,32)/b23-15-. The summed E-state index contributed by atoms with van der Waals surface area (Å²) in [6.07, 6.45) is 1.60. The number of ether oxygens (including phenoxy) is 3. The highest BCUT2D eigenvalue weighted by Gasteiger charge is 2.35. The number of para-hydroxylation sites is 2. The SMILES string of the molecule is COc1cc(/C=C2\SC(=O)N(CCOc3ccccc3)C2=O)cc(Br)c1OCC(=O)Nc1ccccc1Cl. The van der Waals surface area contributed by atoms with E-state index >= 15 is 0 Å². The molecular formula is C27H22BrClN2O6S. The van der Waals surface area contributed by atoms with Crippen LogP contribution in [0.2, 0.25) is 5.02 Å². The maximum absolute atomic E-state index is 12.9. The molecule has 0 aromatic heterocycles. The van der Waals surface area contributed by atoms with Crippen LogP contribution in [0.25, 0.3) is 6.08 Å². The molecule has 196 valence electrons. The molecule has 0 bridgehead atoms. The van der Waals surface area contributed by atoms with Gasteiger partial charge in [0, 0.05) is 0 Å². The number of rotatable bonds is 10. The Labute approximate surface area is 237 Å². The number of carbonyl (C=O) groups is 3. The van der Waals surface area contributed by atoms with Gasteiger partial charge in [-0.05, 0) is 75.7 Å². The summed E-state index contributed by atoms with van der Waals surface area (Å²) < 4.78 is 17.3. The second-order valence-electron chi connectivity index (χ2n) is 7.85. The molecule has 11 heteroatoms. The van der Waals surface area contributed by atoms with E-state index in [4.69, 9.17) is 25.8 Å². The van der Waals surface area contributed by atoms with Gasteiger partial charge in [-0.3, -0.25) is 19.3 Å². The number of anilines is 1. The van der Waals surface area contributed by atoms with E-state index in [1.165, 1.54) is 7.11 Å². The van der Waals surface area contributed by atoms with Crippen molar-refractivity contribution in [2.24, 2.45) is 0 Å². The van der Waals surface area contributed by atoms with Crippen molar-refractivity contribution in [1.29, 1.82) is 0 Å². The number of amides is 3. The second kappa shape index (κ2) is 12.9. The Morgan fingerprint density at radius 1 is 1.08 bits per heavy atom. The van der Waals surface area contributed by atoms with Crippen molar-refractivity contribution >= 4 is 68.1 Å². The lowest BCUT2D eigenvalue weighted by Crippen LogP contribution is -2.32. The Kier molecular flexibility index (Phi) is 9.33. The predicted molar refractivity (Wildman–Crippen MR) is 151 cm³/mol. The van der Waals surface area contributed by atoms with Crippen LogP contribution in [0.15, 0.2) is 76.1 Å². The average molecular weight is 618 g/mol. The highest BCUT2D eigenvalue weighted by Crippen LogP contribution is 2.39. The summed E-state index contributed by atoms with van der Waals surface area (Å²) in [6, 6.07) is 19.4. The van der Waals surface area contributed by atoms with Gasteiger partial charge in [-0.15, -0.1) is 0 Å². The summed E-state index contributed by atoms with van der Waals surface area (Å²) in [7, 11) is 1.46. The number of nitrogens with one attached hydrogen (secondary N) is 1. The summed E-state index contributed by atoms with van der Waals surface area (Å²) in [5.41, 5.74) is 1.08. The van der Waals surface area contributed by atoms with Crippen LogP contribution in [-0.2, 0) is 9.59 Å². The van der Waals surface area contributed by atoms with E-state index in [0.29, 0.717) is 38.0 Å². The van der Waals surface area contributed by atoms with Gasteiger partial charge < -0.3 is 19.5 Å². The number of carbonyl (C=O) groups excluding carboxylic acids is 3.